The van der Waals surface area contributed by atoms with Crippen molar-refractivity contribution in [3.8, 4) is 0 Å². The average Bonchev–Trinajstić information content (AvgIpc) is 3.00. The molecule has 1 aliphatic rings. The van der Waals surface area contributed by atoms with Crippen LogP contribution in [0.3, 0.4) is 0 Å². The number of aromatic amines is 1. The molecule has 2 aromatic rings. The summed E-state index contributed by atoms with van der Waals surface area (Å²) in [5, 5.41) is 1.89. The molecule has 1 aliphatic heterocycles. The zero-order valence-electron chi connectivity index (χ0n) is 13.1. The lowest BCUT2D eigenvalue weighted by Gasteiger charge is -2.31. The van der Waals surface area contributed by atoms with E-state index in [4.69, 9.17) is 16.3 Å². The molecule has 1 N–H and O–H groups in total. The number of nitrogens with zero attached hydrogens (tertiary/aromatic N) is 1. The number of methoxy groups -OCH3 is 1. The highest BCUT2D eigenvalue weighted by Crippen LogP contribution is 2.35. The van der Waals surface area contributed by atoms with Crippen molar-refractivity contribution < 1.29 is 13.2 Å². The fourth-order valence-corrected chi connectivity index (χ4v) is 4.89. The van der Waals surface area contributed by atoms with Crippen LogP contribution in [0.15, 0.2) is 24.4 Å². The Morgan fingerprint density at radius 2 is 2.09 bits per heavy atom. The van der Waals surface area contributed by atoms with E-state index in [9.17, 15) is 8.42 Å². The van der Waals surface area contributed by atoms with Crippen molar-refractivity contribution in [2.24, 2.45) is 0 Å². The number of fused-ring (bicyclic) bond motifs is 1. The largest absolute Gasteiger partial charge is 0.384 e. The standard InChI is InChI=1S/C16H21ClN2O3S/c1-22-8-9-23(20,21)19-6-3-12(4-7-19)15-10-13(17)11-16-14(15)2-5-18-16/h2,5,10-12,18H,3-4,6-9H2,1H3. The third-order valence-electron chi connectivity index (χ3n) is 4.50. The van der Waals surface area contributed by atoms with Crippen LogP contribution in [0.1, 0.15) is 24.3 Å². The Morgan fingerprint density at radius 1 is 1.35 bits per heavy atom. The number of aromatic nitrogens is 1. The van der Waals surface area contributed by atoms with Crippen molar-refractivity contribution in [3.63, 3.8) is 0 Å². The number of piperidine rings is 1. The molecule has 7 heteroatoms. The summed E-state index contributed by atoms with van der Waals surface area (Å²) in [7, 11) is -1.70. The van der Waals surface area contributed by atoms with Gasteiger partial charge in [-0.3, -0.25) is 0 Å². The fraction of sp³-hybridized carbons (Fsp3) is 0.500. The maximum absolute atomic E-state index is 12.2. The molecule has 0 atom stereocenters. The van der Waals surface area contributed by atoms with Crippen LogP contribution in [0.4, 0.5) is 0 Å². The van der Waals surface area contributed by atoms with Gasteiger partial charge in [0.15, 0.2) is 0 Å². The van der Waals surface area contributed by atoms with Gasteiger partial charge in [-0.2, -0.15) is 0 Å². The van der Waals surface area contributed by atoms with Gasteiger partial charge in [-0.1, -0.05) is 11.6 Å². The van der Waals surface area contributed by atoms with Crippen LogP contribution < -0.4 is 0 Å². The number of sulfonamides is 1. The first-order valence-electron chi connectivity index (χ1n) is 7.74. The first kappa shape index (κ1) is 16.8. The van der Waals surface area contributed by atoms with Crippen LogP contribution in [-0.4, -0.2) is 50.3 Å². The van der Waals surface area contributed by atoms with Gasteiger partial charge in [-0.25, -0.2) is 12.7 Å². The van der Waals surface area contributed by atoms with E-state index < -0.39 is 10.0 Å². The predicted octanol–water partition coefficient (Wildman–Crippen LogP) is 2.98. The molecule has 0 radical (unpaired) electrons. The molecule has 0 aliphatic carbocycles. The van der Waals surface area contributed by atoms with Crippen molar-refractivity contribution >= 4 is 32.5 Å². The lowest BCUT2D eigenvalue weighted by atomic mass is 9.88. The van der Waals surface area contributed by atoms with E-state index in [1.165, 1.54) is 18.1 Å². The van der Waals surface area contributed by atoms with E-state index in [-0.39, 0.29) is 12.4 Å². The summed E-state index contributed by atoms with van der Waals surface area (Å²) < 4.78 is 30.9. The van der Waals surface area contributed by atoms with Crippen molar-refractivity contribution in [2.45, 2.75) is 18.8 Å². The van der Waals surface area contributed by atoms with Gasteiger partial charge in [0.25, 0.3) is 0 Å². The van der Waals surface area contributed by atoms with Crippen LogP contribution in [-0.2, 0) is 14.8 Å². The van der Waals surface area contributed by atoms with E-state index in [0.717, 1.165) is 18.4 Å². The summed E-state index contributed by atoms with van der Waals surface area (Å²) in [4.78, 5) is 3.19. The summed E-state index contributed by atoms with van der Waals surface area (Å²) in [6, 6.07) is 5.99. The highest BCUT2D eigenvalue weighted by atomic mass is 35.5. The van der Waals surface area contributed by atoms with Gasteiger partial charge in [-0.15, -0.1) is 0 Å². The van der Waals surface area contributed by atoms with Gasteiger partial charge >= 0.3 is 0 Å². The molecule has 23 heavy (non-hydrogen) atoms. The van der Waals surface area contributed by atoms with Crippen LogP contribution in [0, 0.1) is 0 Å². The van der Waals surface area contributed by atoms with E-state index in [2.05, 4.69) is 11.1 Å². The summed E-state index contributed by atoms with van der Waals surface area (Å²) in [6.45, 7) is 1.34. The molecule has 0 unspecified atom stereocenters. The van der Waals surface area contributed by atoms with Crippen LogP contribution in [0.2, 0.25) is 5.02 Å². The lowest BCUT2D eigenvalue weighted by Crippen LogP contribution is -2.40. The molecule has 0 saturated carbocycles. The second-order valence-corrected chi connectivity index (χ2v) is 8.44. The van der Waals surface area contributed by atoms with E-state index >= 15 is 0 Å². The molecule has 0 bridgehead atoms. The number of halogens is 1. The second kappa shape index (κ2) is 6.81. The Morgan fingerprint density at radius 3 is 2.78 bits per heavy atom. The number of hydrogen-bond donors (Lipinski definition) is 1. The summed E-state index contributed by atoms with van der Waals surface area (Å²) in [5.41, 5.74) is 2.24. The molecule has 2 heterocycles. The van der Waals surface area contributed by atoms with Crippen molar-refractivity contribution in [2.75, 3.05) is 32.6 Å². The zero-order chi connectivity index (χ0) is 16.4. The topological polar surface area (TPSA) is 62.4 Å². The van der Waals surface area contributed by atoms with Crippen molar-refractivity contribution in [1.82, 2.24) is 9.29 Å². The number of rotatable bonds is 5. The number of hydrogen-bond acceptors (Lipinski definition) is 3. The summed E-state index contributed by atoms with van der Waals surface area (Å²) >= 11 is 6.22. The van der Waals surface area contributed by atoms with Crippen molar-refractivity contribution in [3.05, 3.63) is 35.0 Å². The van der Waals surface area contributed by atoms with Crippen molar-refractivity contribution in [1.29, 1.82) is 0 Å². The highest BCUT2D eigenvalue weighted by Gasteiger charge is 2.29. The van der Waals surface area contributed by atoms with Crippen LogP contribution in [0.5, 0.6) is 0 Å². The molecule has 126 valence electrons. The first-order valence-corrected chi connectivity index (χ1v) is 9.73. The van der Waals surface area contributed by atoms with Gasteiger partial charge in [-0.05, 0) is 42.5 Å². The summed E-state index contributed by atoms with van der Waals surface area (Å²) in [6.07, 6.45) is 3.54. The number of ether oxygens (including phenoxy) is 1. The molecule has 1 fully saturated rings. The quantitative estimate of drug-likeness (QED) is 0.895. The zero-order valence-corrected chi connectivity index (χ0v) is 14.7. The summed E-state index contributed by atoms with van der Waals surface area (Å²) in [5.74, 6) is 0.383. The maximum Gasteiger partial charge on any atom is 0.216 e. The lowest BCUT2D eigenvalue weighted by molar-refractivity contribution is 0.214. The molecule has 0 spiro atoms. The molecule has 1 aromatic heterocycles. The molecule has 5 nitrogen and oxygen atoms in total. The molecular weight excluding hydrogens is 336 g/mol. The van der Waals surface area contributed by atoms with Crippen LogP contribution in [0.25, 0.3) is 10.9 Å². The SMILES string of the molecule is COCCS(=O)(=O)N1CCC(c2cc(Cl)cc3[nH]ccc23)CC1. The van der Waals surface area contributed by atoms with Gasteiger partial charge < -0.3 is 9.72 Å². The third kappa shape index (κ3) is 3.55. The number of benzene rings is 1. The number of H-pyrrole nitrogens is 1. The molecule has 1 saturated heterocycles. The smallest absolute Gasteiger partial charge is 0.216 e. The Kier molecular flexibility index (Phi) is 4.96. The van der Waals surface area contributed by atoms with Crippen LogP contribution >= 0.6 is 11.6 Å². The Bertz CT molecular complexity index is 780. The average molecular weight is 357 g/mol. The highest BCUT2D eigenvalue weighted by molar-refractivity contribution is 7.89. The monoisotopic (exact) mass is 356 g/mol. The minimum atomic E-state index is -3.21. The maximum atomic E-state index is 12.2. The normalized spacial score (nSPS) is 17.8. The Balaban J connectivity index is 1.75. The van der Waals surface area contributed by atoms with E-state index in [1.807, 2.05) is 18.3 Å². The molecule has 1 aromatic carbocycles. The van der Waals surface area contributed by atoms with E-state index in [1.54, 1.807) is 4.31 Å². The van der Waals surface area contributed by atoms with E-state index in [0.29, 0.717) is 24.0 Å². The molecule has 0 amide bonds. The molecular formula is C16H21ClN2O3S. The Hall–Kier alpha value is -1.08. The van der Waals surface area contributed by atoms with Gasteiger partial charge in [0.2, 0.25) is 10.0 Å². The Labute approximate surface area is 141 Å². The molecule has 3 rings (SSSR count). The second-order valence-electron chi connectivity index (χ2n) is 5.92. The first-order chi connectivity index (χ1) is 11.0. The number of nitrogens with one attached hydrogen (secondary N) is 1. The minimum absolute atomic E-state index is 0.0490. The van der Waals surface area contributed by atoms with Gasteiger partial charge in [0.05, 0.1) is 12.4 Å². The predicted molar refractivity (Wildman–Crippen MR) is 92.5 cm³/mol. The minimum Gasteiger partial charge on any atom is -0.384 e. The van der Waals surface area contributed by atoms with Gasteiger partial charge in [0.1, 0.15) is 0 Å². The fourth-order valence-electron chi connectivity index (χ4n) is 3.26. The third-order valence-corrected chi connectivity index (χ3v) is 6.55. The van der Waals surface area contributed by atoms with Gasteiger partial charge in [0, 0.05) is 42.3 Å².